The molecule has 0 bridgehead atoms. The molecule has 0 unspecified atom stereocenters. The summed E-state index contributed by atoms with van der Waals surface area (Å²) in [5, 5.41) is 0.565. The van der Waals surface area contributed by atoms with Crippen molar-refractivity contribution in [3.63, 3.8) is 0 Å². The SMILES string of the molecule is Cc1cnc2[nH]cc(C(=O)c3c(F)ccc(N4CCCC4)c3F)c2c1. The van der Waals surface area contributed by atoms with Crippen molar-refractivity contribution < 1.29 is 13.6 Å². The third-order valence-corrected chi connectivity index (χ3v) is 4.66. The number of carbonyl (C=O) groups is 1. The molecular formula is C19H17F2N3O. The topological polar surface area (TPSA) is 49.0 Å². The van der Waals surface area contributed by atoms with Gasteiger partial charge in [0.25, 0.3) is 0 Å². The number of fused-ring (bicyclic) bond motifs is 1. The maximum Gasteiger partial charge on any atom is 0.201 e. The van der Waals surface area contributed by atoms with Crippen molar-refractivity contribution in [2.24, 2.45) is 0 Å². The van der Waals surface area contributed by atoms with Gasteiger partial charge in [0.15, 0.2) is 5.82 Å². The minimum atomic E-state index is -0.847. The molecule has 4 rings (SSSR count). The lowest BCUT2D eigenvalue weighted by Gasteiger charge is -2.19. The van der Waals surface area contributed by atoms with Crippen LogP contribution in [0.15, 0.2) is 30.6 Å². The van der Waals surface area contributed by atoms with Crippen LogP contribution in [0, 0.1) is 18.6 Å². The lowest BCUT2D eigenvalue weighted by molar-refractivity contribution is 0.103. The maximum absolute atomic E-state index is 15.0. The van der Waals surface area contributed by atoms with Gasteiger partial charge in [0.2, 0.25) is 5.78 Å². The van der Waals surface area contributed by atoms with Gasteiger partial charge in [-0.25, -0.2) is 13.8 Å². The zero-order valence-electron chi connectivity index (χ0n) is 13.8. The van der Waals surface area contributed by atoms with E-state index in [1.54, 1.807) is 12.3 Å². The van der Waals surface area contributed by atoms with E-state index in [0.717, 1.165) is 18.4 Å². The van der Waals surface area contributed by atoms with Crippen LogP contribution in [0.25, 0.3) is 11.0 Å². The van der Waals surface area contributed by atoms with E-state index in [-0.39, 0.29) is 11.3 Å². The van der Waals surface area contributed by atoms with Crippen LogP contribution in [0.5, 0.6) is 0 Å². The normalized spacial score (nSPS) is 14.4. The van der Waals surface area contributed by atoms with E-state index in [4.69, 9.17) is 0 Å². The number of anilines is 1. The van der Waals surface area contributed by atoms with Gasteiger partial charge in [0.1, 0.15) is 11.5 Å². The lowest BCUT2D eigenvalue weighted by Crippen LogP contribution is -2.21. The molecule has 3 aromatic rings. The van der Waals surface area contributed by atoms with Gasteiger partial charge in [-0.3, -0.25) is 4.79 Å². The third-order valence-electron chi connectivity index (χ3n) is 4.66. The van der Waals surface area contributed by atoms with Crippen LogP contribution in [-0.2, 0) is 0 Å². The van der Waals surface area contributed by atoms with Gasteiger partial charge in [0, 0.05) is 36.4 Å². The van der Waals surface area contributed by atoms with E-state index in [1.807, 2.05) is 11.8 Å². The maximum atomic E-state index is 15.0. The van der Waals surface area contributed by atoms with Crippen LogP contribution in [0.3, 0.4) is 0 Å². The Balaban J connectivity index is 1.84. The molecule has 128 valence electrons. The summed E-state index contributed by atoms with van der Waals surface area (Å²) in [6.45, 7) is 3.28. The number of hydrogen-bond donors (Lipinski definition) is 1. The number of aromatic nitrogens is 2. The zero-order chi connectivity index (χ0) is 17.6. The number of aryl methyl sites for hydroxylation is 1. The molecule has 1 aromatic carbocycles. The second-order valence-corrected chi connectivity index (χ2v) is 6.39. The summed E-state index contributed by atoms with van der Waals surface area (Å²) in [6.07, 6.45) is 5.06. The molecular weight excluding hydrogens is 324 g/mol. The number of halogens is 2. The van der Waals surface area contributed by atoms with Crippen LogP contribution in [0.4, 0.5) is 14.5 Å². The smallest absolute Gasteiger partial charge is 0.201 e. The predicted octanol–water partition coefficient (Wildman–Crippen LogP) is 3.98. The van der Waals surface area contributed by atoms with Gasteiger partial charge in [0.05, 0.1) is 11.3 Å². The van der Waals surface area contributed by atoms with E-state index in [1.165, 1.54) is 18.3 Å². The Kier molecular flexibility index (Phi) is 3.75. The summed E-state index contributed by atoms with van der Waals surface area (Å²) < 4.78 is 29.3. The zero-order valence-corrected chi connectivity index (χ0v) is 13.8. The number of nitrogens with zero attached hydrogens (tertiary/aromatic N) is 2. The van der Waals surface area contributed by atoms with Crippen LogP contribution in [0.2, 0.25) is 0 Å². The predicted molar refractivity (Wildman–Crippen MR) is 92.1 cm³/mol. The number of benzene rings is 1. The number of rotatable bonds is 3. The van der Waals surface area contributed by atoms with Gasteiger partial charge in [-0.2, -0.15) is 0 Å². The van der Waals surface area contributed by atoms with Crippen molar-refractivity contribution in [1.82, 2.24) is 9.97 Å². The van der Waals surface area contributed by atoms with Crippen LogP contribution >= 0.6 is 0 Å². The molecule has 1 fully saturated rings. The molecule has 0 amide bonds. The van der Waals surface area contributed by atoms with E-state index < -0.39 is 23.0 Å². The Labute approximate surface area is 143 Å². The Morgan fingerprint density at radius 3 is 2.76 bits per heavy atom. The second-order valence-electron chi connectivity index (χ2n) is 6.39. The van der Waals surface area contributed by atoms with E-state index in [0.29, 0.717) is 24.1 Å². The first kappa shape index (κ1) is 15.7. The Morgan fingerprint density at radius 1 is 1.24 bits per heavy atom. The number of pyridine rings is 1. The average molecular weight is 341 g/mol. The van der Waals surface area contributed by atoms with E-state index in [9.17, 15) is 13.6 Å². The van der Waals surface area contributed by atoms with Crippen molar-refractivity contribution in [2.45, 2.75) is 19.8 Å². The minimum absolute atomic E-state index is 0.225. The summed E-state index contributed by atoms with van der Waals surface area (Å²) in [6, 6.07) is 4.36. The lowest BCUT2D eigenvalue weighted by atomic mass is 10.0. The molecule has 0 spiro atoms. The van der Waals surface area contributed by atoms with Crippen molar-refractivity contribution in [2.75, 3.05) is 18.0 Å². The molecule has 6 heteroatoms. The fourth-order valence-electron chi connectivity index (χ4n) is 3.38. The highest BCUT2D eigenvalue weighted by atomic mass is 19.1. The van der Waals surface area contributed by atoms with E-state index in [2.05, 4.69) is 9.97 Å². The average Bonchev–Trinajstić information content (AvgIpc) is 3.24. The summed E-state index contributed by atoms with van der Waals surface area (Å²) in [5.74, 6) is -2.31. The van der Waals surface area contributed by atoms with Crippen LogP contribution in [-0.4, -0.2) is 28.8 Å². The number of carbonyl (C=O) groups excluding carboxylic acids is 1. The second kappa shape index (κ2) is 5.95. The number of ketones is 1. The molecule has 1 N–H and O–H groups in total. The summed E-state index contributed by atoms with van der Waals surface area (Å²) in [7, 11) is 0. The first-order valence-corrected chi connectivity index (χ1v) is 8.27. The molecule has 2 aromatic heterocycles. The Morgan fingerprint density at radius 2 is 2.00 bits per heavy atom. The number of aromatic amines is 1. The fourth-order valence-corrected chi connectivity index (χ4v) is 3.38. The molecule has 4 nitrogen and oxygen atoms in total. The summed E-state index contributed by atoms with van der Waals surface area (Å²) in [4.78, 5) is 21.8. The standard InChI is InChI=1S/C19H17F2N3O/c1-11-8-12-13(10-23-19(12)22-9-11)18(25)16-14(20)4-5-15(17(16)21)24-6-2-3-7-24/h4-5,8-10H,2-3,6-7H2,1H3,(H,22,23). The Hall–Kier alpha value is -2.76. The first-order valence-electron chi connectivity index (χ1n) is 8.27. The third kappa shape index (κ3) is 2.58. The van der Waals surface area contributed by atoms with Gasteiger partial charge < -0.3 is 9.88 Å². The van der Waals surface area contributed by atoms with Gasteiger partial charge in [-0.1, -0.05) is 0 Å². The highest BCUT2D eigenvalue weighted by Gasteiger charge is 2.26. The number of hydrogen-bond acceptors (Lipinski definition) is 3. The highest BCUT2D eigenvalue weighted by Crippen LogP contribution is 2.30. The molecule has 0 radical (unpaired) electrons. The van der Waals surface area contributed by atoms with Crippen molar-refractivity contribution in [1.29, 1.82) is 0 Å². The Bertz CT molecular complexity index is 974. The van der Waals surface area contributed by atoms with Gasteiger partial charge >= 0.3 is 0 Å². The number of nitrogens with one attached hydrogen (secondary N) is 1. The highest BCUT2D eigenvalue weighted by molar-refractivity contribution is 6.16. The monoisotopic (exact) mass is 341 g/mol. The minimum Gasteiger partial charge on any atom is -0.369 e. The molecule has 25 heavy (non-hydrogen) atoms. The van der Waals surface area contributed by atoms with Crippen molar-refractivity contribution >= 4 is 22.5 Å². The summed E-state index contributed by atoms with van der Waals surface area (Å²) in [5.41, 5.74) is 1.39. The summed E-state index contributed by atoms with van der Waals surface area (Å²) >= 11 is 0. The fraction of sp³-hybridized carbons (Fsp3) is 0.263. The van der Waals surface area contributed by atoms with E-state index >= 15 is 0 Å². The first-order chi connectivity index (χ1) is 12.1. The largest absolute Gasteiger partial charge is 0.369 e. The van der Waals surface area contributed by atoms with Crippen molar-refractivity contribution in [3.8, 4) is 0 Å². The molecule has 1 aliphatic rings. The van der Waals surface area contributed by atoms with Crippen molar-refractivity contribution in [3.05, 3.63) is 58.9 Å². The quantitative estimate of drug-likeness (QED) is 0.733. The molecule has 1 aliphatic heterocycles. The van der Waals surface area contributed by atoms with Gasteiger partial charge in [-0.15, -0.1) is 0 Å². The molecule has 1 saturated heterocycles. The molecule has 0 saturated carbocycles. The molecule has 0 atom stereocenters. The molecule has 0 aliphatic carbocycles. The number of H-pyrrole nitrogens is 1. The van der Waals surface area contributed by atoms with Gasteiger partial charge in [-0.05, 0) is 43.5 Å². The molecule has 3 heterocycles. The van der Waals surface area contributed by atoms with Crippen LogP contribution < -0.4 is 4.90 Å². The van der Waals surface area contributed by atoms with Crippen LogP contribution in [0.1, 0.15) is 34.3 Å².